The number of nitrogens with zero attached hydrogens (tertiary/aromatic N) is 2. The zero-order chi connectivity index (χ0) is 29.1. The van der Waals surface area contributed by atoms with Gasteiger partial charge in [0.2, 0.25) is 0 Å². The Kier molecular flexibility index (Phi) is 8.63. The number of carbonyl (C=O) groups is 1. The van der Waals surface area contributed by atoms with E-state index in [2.05, 4.69) is 4.99 Å². The number of allylic oxidation sites excluding steroid dienone is 1. The van der Waals surface area contributed by atoms with E-state index in [1.807, 2.05) is 36.4 Å². The summed E-state index contributed by atoms with van der Waals surface area (Å²) in [6.07, 6.45) is 1.77. The molecule has 210 valence electrons. The highest BCUT2D eigenvalue weighted by molar-refractivity contribution is 7.07. The molecule has 0 saturated heterocycles. The first-order chi connectivity index (χ1) is 19.8. The van der Waals surface area contributed by atoms with Crippen LogP contribution >= 0.6 is 34.5 Å². The predicted octanol–water partition coefficient (Wildman–Crippen LogP) is 5.69. The molecule has 1 aromatic heterocycles. The van der Waals surface area contributed by atoms with Crippen LogP contribution in [0.1, 0.15) is 36.6 Å². The Balaban J connectivity index is 1.55. The van der Waals surface area contributed by atoms with Crippen LogP contribution in [0, 0.1) is 0 Å². The van der Waals surface area contributed by atoms with E-state index in [1.54, 1.807) is 57.4 Å². The number of ether oxygens (including phenoxy) is 3. The first-order valence-electron chi connectivity index (χ1n) is 12.8. The van der Waals surface area contributed by atoms with Crippen molar-refractivity contribution in [2.24, 2.45) is 4.99 Å². The molecule has 0 radical (unpaired) electrons. The van der Waals surface area contributed by atoms with Crippen LogP contribution < -0.4 is 24.4 Å². The summed E-state index contributed by atoms with van der Waals surface area (Å²) in [7, 11) is 1.56. The summed E-state index contributed by atoms with van der Waals surface area (Å²) in [5.74, 6) is 0.552. The van der Waals surface area contributed by atoms with Gasteiger partial charge in [-0.25, -0.2) is 9.79 Å². The molecule has 4 aromatic rings. The van der Waals surface area contributed by atoms with Gasteiger partial charge in [-0.05, 0) is 66.9 Å². The average Bonchev–Trinajstić information content (AvgIpc) is 3.26. The normalized spacial score (nSPS) is 14.9. The van der Waals surface area contributed by atoms with Gasteiger partial charge in [0.25, 0.3) is 5.56 Å². The number of hydrogen-bond acceptors (Lipinski definition) is 7. The highest BCUT2D eigenvalue weighted by atomic mass is 35.5. The summed E-state index contributed by atoms with van der Waals surface area (Å²) in [5, 5.41) is 1.09. The summed E-state index contributed by atoms with van der Waals surface area (Å²) in [5.41, 5.74) is 2.78. The molecule has 1 aliphatic heterocycles. The van der Waals surface area contributed by atoms with E-state index in [0.29, 0.717) is 48.7 Å². The monoisotopic (exact) mass is 608 g/mol. The maximum absolute atomic E-state index is 13.8. The first kappa shape index (κ1) is 28.7. The van der Waals surface area contributed by atoms with Gasteiger partial charge in [0.1, 0.15) is 12.6 Å². The highest BCUT2D eigenvalue weighted by Crippen LogP contribution is 2.34. The predicted molar refractivity (Wildman–Crippen MR) is 161 cm³/mol. The number of hydrogen-bond donors (Lipinski definition) is 0. The van der Waals surface area contributed by atoms with Crippen LogP contribution in [0.5, 0.6) is 11.5 Å². The number of rotatable bonds is 8. The van der Waals surface area contributed by atoms with E-state index in [4.69, 9.17) is 37.4 Å². The Morgan fingerprint density at radius 1 is 1.07 bits per heavy atom. The number of halogens is 2. The Bertz CT molecular complexity index is 1830. The maximum atomic E-state index is 13.8. The summed E-state index contributed by atoms with van der Waals surface area (Å²) in [4.78, 5) is 32.0. The van der Waals surface area contributed by atoms with Crippen LogP contribution in [-0.2, 0) is 16.1 Å². The van der Waals surface area contributed by atoms with E-state index in [1.165, 1.54) is 15.9 Å². The minimum absolute atomic E-state index is 0.191. The fourth-order valence-corrected chi connectivity index (χ4v) is 5.98. The first-order valence-corrected chi connectivity index (χ1v) is 14.4. The molecule has 1 aliphatic rings. The van der Waals surface area contributed by atoms with Gasteiger partial charge in [-0.1, -0.05) is 70.9 Å². The fourth-order valence-electron chi connectivity index (χ4n) is 4.57. The number of methoxy groups -OCH3 is 1. The Morgan fingerprint density at radius 2 is 1.83 bits per heavy atom. The molecule has 0 saturated carbocycles. The molecule has 41 heavy (non-hydrogen) atoms. The third kappa shape index (κ3) is 5.95. The van der Waals surface area contributed by atoms with E-state index in [-0.39, 0.29) is 17.7 Å². The molecule has 0 N–H and O–H groups in total. The third-order valence-electron chi connectivity index (χ3n) is 6.51. The van der Waals surface area contributed by atoms with Crippen molar-refractivity contribution in [3.05, 3.63) is 124 Å². The number of thiazole rings is 1. The van der Waals surface area contributed by atoms with Gasteiger partial charge >= 0.3 is 5.97 Å². The molecular formula is C31H26Cl2N2O5S. The molecule has 0 unspecified atom stereocenters. The molecular weight excluding hydrogens is 583 g/mol. The van der Waals surface area contributed by atoms with Crippen LogP contribution in [0.4, 0.5) is 0 Å². The van der Waals surface area contributed by atoms with Gasteiger partial charge < -0.3 is 14.2 Å². The van der Waals surface area contributed by atoms with Crippen molar-refractivity contribution >= 4 is 46.6 Å². The SMILES string of the molecule is CCOC(=O)C1=C(C)N=c2s/c(=C\c3ccc(OCc4ccc(Cl)cc4)c(OC)c3)c(=O)n2[C@H]1c1ccccc1Cl. The van der Waals surface area contributed by atoms with E-state index < -0.39 is 12.0 Å². The van der Waals surface area contributed by atoms with Crippen molar-refractivity contribution in [3.8, 4) is 11.5 Å². The topological polar surface area (TPSA) is 79.1 Å². The summed E-state index contributed by atoms with van der Waals surface area (Å²) in [6.45, 7) is 4.00. The van der Waals surface area contributed by atoms with Gasteiger partial charge in [-0.15, -0.1) is 0 Å². The largest absolute Gasteiger partial charge is 0.493 e. The fraction of sp³-hybridized carbons (Fsp3) is 0.194. The third-order valence-corrected chi connectivity index (χ3v) is 8.09. The summed E-state index contributed by atoms with van der Waals surface area (Å²) < 4.78 is 18.8. The lowest BCUT2D eigenvalue weighted by Crippen LogP contribution is -2.40. The second-order valence-electron chi connectivity index (χ2n) is 9.15. The molecule has 3 aromatic carbocycles. The molecule has 5 rings (SSSR count). The minimum atomic E-state index is -0.778. The molecule has 1 atom stereocenters. The zero-order valence-corrected chi connectivity index (χ0v) is 24.8. The molecule has 0 fully saturated rings. The smallest absolute Gasteiger partial charge is 0.338 e. The Morgan fingerprint density at radius 3 is 2.54 bits per heavy atom. The van der Waals surface area contributed by atoms with Crippen LogP contribution in [0.25, 0.3) is 6.08 Å². The van der Waals surface area contributed by atoms with Crippen molar-refractivity contribution in [1.82, 2.24) is 4.57 Å². The molecule has 0 amide bonds. The lowest BCUT2D eigenvalue weighted by molar-refractivity contribution is -0.139. The van der Waals surface area contributed by atoms with E-state index >= 15 is 0 Å². The van der Waals surface area contributed by atoms with Crippen LogP contribution in [-0.4, -0.2) is 24.3 Å². The summed E-state index contributed by atoms with van der Waals surface area (Å²) in [6, 6.07) is 19.2. The number of aromatic nitrogens is 1. The lowest BCUT2D eigenvalue weighted by atomic mass is 9.96. The Hall–Kier alpha value is -3.85. The maximum Gasteiger partial charge on any atom is 0.338 e. The number of carbonyl (C=O) groups excluding carboxylic acids is 1. The van der Waals surface area contributed by atoms with Crippen molar-refractivity contribution in [1.29, 1.82) is 0 Å². The number of benzene rings is 3. The van der Waals surface area contributed by atoms with Gasteiger partial charge in [-0.2, -0.15) is 0 Å². The standard InChI is InChI=1S/C31H26Cl2N2O5S/c1-4-39-30(37)27-18(2)34-31-35(28(27)22-7-5-6-8-23(22)33)29(36)26(41-31)16-20-11-14-24(25(15-20)38-3)40-17-19-9-12-21(32)13-10-19/h5-16,28H,4,17H2,1-3H3/b26-16-/t28-/m0/s1. The van der Waals surface area contributed by atoms with Gasteiger partial charge in [0, 0.05) is 10.0 Å². The van der Waals surface area contributed by atoms with Crippen molar-refractivity contribution in [2.45, 2.75) is 26.5 Å². The second-order valence-corrected chi connectivity index (χ2v) is 11.0. The Labute approximate surface area is 250 Å². The van der Waals surface area contributed by atoms with Gasteiger partial charge in [-0.3, -0.25) is 9.36 Å². The van der Waals surface area contributed by atoms with E-state index in [0.717, 1.165) is 11.1 Å². The molecule has 10 heteroatoms. The summed E-state index contributed by atoms with van der Waals surface area (Å²) >= 11 is 13.8. The molecule has 7 nitrogen and oxygen atoms in total. The highest BCUT2D eigenvalue weighted by Gasteiger charge is 2.34. The van der Waals surface area contributed by atoms with Crippen molar-refractivity contribution in [3.63, 3.8) is 0 Å². The molecule has 0 aliphatic carbocycles. The molecule has 0 bridgehead atoms. The number of esters is 1. The van der Waals surface area contributed by atoms with Gasteiger partial charge in [0.15, 0.2) is 16.3 Å². The minimum Gasteiger partial charge on any atom is -0.493 e. The van der Waals surface area contributed by atoms with Crippen molar-refractivity contribution in [2.75, 3.05) is 13.7 Å². The second kappa shape index (κ2) is 12.3. The zero-order valence-electron chi connectivity index (χ0n) is 22.5. The van der Waals surface area contributed by atoms with Crippen LogP contribution in [0.2, 0.25) is 10.0 Å². The quantitative estimate of drug-likeness (QED) is 0.240. The van der Waals surface area contributed by atoms with E-state index in [9.17, 15) is 9.59 Å². The van der Waals surface area contributed by atoms with Crippen LogP contribution in [0.15, 0.2) is 87.8 Å². The van der Waals surface area contributed by atoms with Gasteiger partial charge in [0.05, 0.1) is 29.5 Å². The average molecular weight is 610 g/mol. The number of fused-ring (bicyclic) bond motifs is 1. The lowest BCUT2D eigenvalue weighted by Gasteiger charge is -2.25. The van der Waals surface area contributed by atoms with Crippen LogP contribution in [0.3, 0.4) is 0 Å². The van der Waals surface area contributed by atoms with Crippen molar-refractivity contribution < 1.29 is 19.0 Å². The molecule has 0 spiro atoms. The molecule has 2 heterocycles.